The highest BCUT2D eigenvalue weighted by atomic mass is 32.2. The van der Waals surface area contributed by atoms with Crippen molar-refractivity contribution in [1.82, 2.24) is 4.90 Å². The summed E-state index contributed by atoms with van der Waals surface area (Å²) in [5.74, 6) is -2.26. The van der Waals surface area contributed by atoms with Crippen molar-refractivity contribution in [3.63, 3.8) is 0 Å². The quantitative estimate of drug-likeness (QED) is 0.621. The van der Waals surface area contributed by atoms with Crippen LogP contribution in [0.25, 0.3) is 6.08 Å². The highest BCUT2D eigenvalue weighted by Gasteiger charge is 2.36. The van der Waals surface area contributed by atoms with Crippen LogP contribution in [0.3, 0.4) is 0 Å². The number of carbonyl (C=O) groups is 2. The number of aliphatic carboxylic acids is 1. The van der Waals surface area contributed by atoms with Gasteiger partial charge in [0.2, 0.25) is 0 Å². The number of rotatable bonds is 4. The molecule has 0 unspecified atom stereocenters. The first-order valence-electron chi connectivity index (χ1n) is 6.17. The normalized spacial score (nSPS) is 18.4. The number of thioether (sulfide) groups is 1. The number of benzene rings is 1. The number of hydrogen-bond acceptors (Lipinski definition) is 5. The van der Waals surface area contributed by atoms with E-state index in [1.165, 1.54) is 24.3 Å². The average molecular weight is 324 g/mol. The van der Waals surface area contributed by atoms with Gasteiger partial charge in [-0.2, -0.15) is 0 Å². The largest absolute Gasteiger partial charge is 0.548 e. The summed E-state index contributed by atoms with van der Waals surface area (Å²) in [6.07, 6.45) is 1.69. The van der Waals surface area contributed by atoms with Crippen LogP contribution in [-0.4, -0.2) is 27.1 Å². The van der Waals surface area contributed by atoms with Gasteiger partial charge in [-0.3, -0.25) is 9.69 Å². The minimum atomic E-state index is -1.35. The molecule has 1 saturated heterocycles. The average Bonchev–Trinajstić information content (AvgIpc) is 2.67. The number of carboxylic acid groups (broad SMARTS) is 1. The highest BCUT2D eigenvalue weighted by Crippen LogP contribution is 2.34. The smallest absolute Gasteiger partial charge is 0.266 e. The Hall–Kier alpha value is -1.73. The third-order valence-electron chi connectivity index (χ3n) is 2.94. The number of nitrogens with zero attached hydrogens (tertiary/aromatic N) is 1. The Bertz CT molecular complexity index is 645. The van der Waals surface area contributed by atoms with Crippen LogP contribution >= 0.6 is 24.0 Å². The second-order valence-electron chi connectivity index (χ2n) is 4.35. The fourth-order valence-corrected chi connectivity index (χ4v) is 3.31. The molecular weight excluding hydrogens is 313 g/mol. The summed E-state index contributed by atoms with van der Waals surface area (Å²) >= 11 is 6.06. The van der Waals surface area contributed by atoms with Gasteiger partial charge in [0.05, 0.1) is 16.9 Å². The van der Waals surface area contributed by atoms with Gasteiger partial charge in [0.25, 0.3) is 5.91 Å². The van der Waals surface area contributed by atoms with Crippen molar-refractivity contribution >= 4 is 46.3 Å². The van der Waals surface area contributed by atoms with Gasteiger partial charge in [-0.25, -0.2) is 4.39 Å². The Morgan fingerprint density at radius 3 is 2.86 bits per heavy atom. The molecule has 1 amide bonds. The lowest BCUT2D eigenvalue weighted by molar-refractivity contribution is -0.310. The standard InChI is InChI=1S/C14H12FNO3S2/c1-2-10(13(18)19)16-12(17)11(21-14(16)20)7-8-4-3-5-9(15)6-8/h3-7,10H,2H2,1H3,(H,18,19)/p-1/b11-7+/t10-/m1/s1. The highest BCUT2D eigenvalue weighted by molar-refractivity contribution is 8.26. The number of amides is 1. The van der Waals surface area contributed by atoms with Crippen molar-refractivity contribution in [2.45, 2.75) is 19.4 Å². The minimum absolute atomic E-state index is 0.165. The first-order valence-corrected chi connectivity index (χ1v) is 7.40. The molecule has 0 radical (unpaired) electrons. The zero-order valence-electron chi connectivity index (χ0n) is 11.0. The molecule has 1 aliphatic rings. The van der Waals surface area contributed by atoms with Gasteiger partial charge in [0, 0.05) is 0 Å². The van der Waals surface area contributed by atoms with Crippen molar-refractivity contribution in [3.8, 4) is 0 Å². The van der Waals surface area contributed by atoms with Crippen molar-refractivity contribution in [3.05, 3.63) is 40.6 Å². The van der Waals surface area contributed by atoms with E-state index in [9.17, 15) is 19.1 Å². The second kappa shape index (κ2) is 6.36. The molecule has 7 heteroatoms. The van der Waals surface area contributed by atoms with Crippen LogP contribution < -0.4 is 5.11 Å². The Labute approximate surface area is 130 Å². The molecule has 0 saturated carbocycles. The topological polar surface area (TPSA) is 60.4 Å². The van der Waals surface area contributed by atoms with Gasteiger partial charge in [-0.15, -0.1) is 0 Å². The molecule has 0 aromatic heterocycles. The first-order chi connectivity index (χ1) is 9.93. The van der Waals surface area contributed by atoms with Crippen LogP contribution in [0, 0.1) is 5.82 Å². The molecule has 0 spiro atoms. The molecule has 0 N–H and O–H groups in total. The monoisotopic (exact) mass is 324 g/mol. The summed E-state index contributed by atoms with van der Waals surface area (Å²) in [6, 6.07) is 4.66. The van der Waals surface area contributed by atoms with Gasteiger partial charge >= 0.3 is 0 Å². The van der Waals surface area contributed by atoms with E-state index in [0.29, 0.717) is 5.56 Å². The fourth-order valence-electron chi connectivity index (χ4n) is 1.95. The Kier molecular flexibility index (Phi) is 4.74. The summed E-state index contributed by atoms with van der Waals surface area (Å²) < 4.78 is 13.3. The van der Waals surface area contributed by atoms with E-state index in [-0.39, 0.29) is 15.6 Å². The molecular formula is C14H11FNO3S2-. The minimum Gasteiger partial charge on any atom is -0.548 e. The summed E-state index contributed by atoms with van der Waals surface area (Å²) in [5, 5.41) is 11.1. The third-order valence-corrected chi connectivity index (χ3v) is 4.27. The second-order valence-corrected chi connectivity index (χ2v) is 6.03. The lowest BCUT2D eigenvalue weighted by atomic mass is 10.1. The number of carboxylic acids is 1. The zero-order valence-corrected chi connectivity index (χ0v) is 12.7. The van der Waals surface area contributed by atoms with E-state index in [1.54, 1.807) is 13.0 Å². The van der Waals surface area contributed by atoms with E-state index in [1.807, 2.05) is 0 Å². The maximum Gasteiger partial charge on any atom is 0.266 e. The summed E-state index contributed by atoms with van der Waals surface area (Å²) in [5.41, 5.74) is 0.511. The summed E-state index contributed by atoms with van der Waals surface area (Å²) in [4.78, 5) is 24.7. The summed E-state index contributed by atoms with van der Waals surface area (Å²) in [7, 11) is 0. The molecule has 1 aromatic carbocycles. The van der Waals surface area contributed by atoms with E-state index >= 15 is 0 Å². The number of hydrogen-bond donors (Lipinski definition) is 0. The maximum atomic E-state index is 13.1. The lowest BCUT2D eigenvalue weighted by Gasteiger charge is -2.26. The fraction of sp³-hybridized carbons (Fsp3) is 0.214. The van der Waals surface area contributed by atoms with Crippen LogP contribution in [0.1, 0.15) is 18.9 Å². The predicted molar refractivity (Wildman–Crippen MR) is 80.5 cm³/mol. The van der Waals surface area contributed by atoms with Gasteiger partial charge in [-0.05, 0) is 30.2 Å². The van der Waals surface area contributed by atoms with Crippen molar-refractivity contribution in [2.24, 2.45) is 0 Å². The Balaban J connectivity index is 2.31. The number of thiocarbonyl (C=S) groups is 1. The van der Waals surface area contributed by atoms with Crippen molar-refractivity contribution in [1.29, 1.82) is 0 Å². The molecule has 21 heavy (non-hydrogen) atoms. The van der Waals surface area contributed by atoms with Crippen LogP contribution in [0.15, 0.2) is 29.2 Å². The third kappa shape index (κ3) is 3.30. The lowest BCUT2D eigenvalue weighted by Crippen LogP contribution is -2.49. The van der Waals surface area contributed by atoms with E-state index < -0.39 is 23.7 Å². The van der Waals surface area contributed by atoms with Gasteiger partial charge < -0.3 is 9.90 Å². The van der Waals surface area contributed by atoms with Gasteiger partial charge in [0.15, 0.2) is 0 Å². The molecule has 1 heterocycles. The van der Waals surface area contributed by atoms with E-state index in [4.69, 9.17) is 12.2 Å². The Morgan fingerprint density at radius 2 is 2.29 bits per heavy atom. The van der Waals surface area contributed by atoms with Gasteiger partial charge in [-0.1, -0.05) is 43.0 Å². The van der Waals surface area contributed by atoms with Crippen molar-refractivity contribution in [2.75, 3.05) is 0 Å². The summed E-state index contributed by atoms with van der Waals surface area (Å²) in [6.45, 7) is 1.63. The predicted octanol–water partition coefficient (Wildman–Crippen LogP) is 1.56. The van der Waals surface area contributed by atoms with E-state index in [2.05, 4.69) is 0 Å². The molecule has 4 nitrogen and oxygen atoms in total. The molecule has 2 rings (SSSR count). The Morgan fingerprint density at radius 1 is 1.57 bits per heavy atom. The van der Waals surface area contributed by atoms with E-state index in [0.717, 1.165) is 16.7 Å². The van der Waals surface area contributed by atoms with Crippen LogP contribution in [-0.2, 0) is 9.59 Å². The van der Waals surface area contributed by atoms with Crippen LogP contribution in [0.4, 0.5) is 4.39 Å². The van der Waals surface area contributed by atoms with Crippen molar-refractivity contribution < 1.29 is 19.1 Å². The van der Waals surface area contributed by atoms with Crippen LogP contribution in [0.2, 0.25) is 0 Å². The first kappa shape index (κ1) is 15.7. The molecule has 1 aromatic rings. The maximum absolute atomic E-state index is 13.1. The number of halogens is 1. The van der Waals surface area contributed by atoms with Gasteiger partial charge in [0.1, 0.15) is 10.1 Å². The zero-order chi connectivity index (χ0) is 15.6. The molecule has 110 valence electrons. The molecule has 0 aliphatic carbocycles. The molecule has 1 atom stereocenters. The molecule has 1 fully saturated rings. The SMILES string of the molecule is CC[C@H](C(=O)[O-])N1C(=O)/C(=C\c2cccc(F)c2)SC1=S. The number of carbonyl (C=O) groups excluding carboxylic acids is 2. The molecule has 1 aliphatic heterocycles. The van der Waals surface area contributed by atoms with Crippen LogP contribution in [0.5, 0.6) is 0 Å². The molecule has 0 bridgehead atoms.